The monoisotopic (exact) mass is 249 g/mol. The van der Waals surface area contributed by atoms with Crippen molar-refractivity contribution in [2.45, 2.75) is 31.6 Å². The van der Waals surface area contributed by atoms with Gasteiger partial charge in [0.2, 0.25) is 5.91 Å². The molecule has 1 aliphatic heterocycles. The lowest BCUT2D eigenvalue weighted by atomic mass is 10.1. The Morgan fingerprint density at radius 3 is 2.88 bits per heavy atom. The zero-order valence-corrected chi connectivity index (χ0v) is 11.3. The van der Waals surface area contributed by atoms with Crippen LogP contribution in [0.2, 0.25) is 0 Å². The van der Waals surface area contributed by atoms with Gasteiger partial charge in [0.05, 0.1) is 11.4 Å². The molecule has 0 atom stereocenters. The second-order valence-electron chi connectivity index (χ2n) is 4.84. The normalized spacial score (nSPS) is 15.2. The zero-order valence-electron chi connectivity index (χ0n) is 10.5. The molecule has 1 aliphatic rings. The number of thioether (sulfide) groups is 1. The SMILES string of the molecule is CC(C)CCCN1C(=O)CSc2ccccc21. The van der Waals surface area contributed by atoms with Crippen LogP contribution in [0.1, 0.15) is 26.7 Å². The molecule has 0 aliphatic carbocycles. The minimum Gasteiger partial charge on any atom is -0.311 e. The van der Waals surface area contributed by atoms with Crippen LogP contribution >= 0.6 is 11.8 Å². The van der Waals surface area contributed by atoms with E-state index in [1.165, 1.54) is 11.3 Å². The maximum absolute atomic E-state index is 11.9. The van der Waals surface area contributed by atoms with Crippen LogP contribution in [-0.2, 0) is 4.79 Å². The number of nitrogens with zero attached hydrogens (tertiary/aromatic N) is 1. The molecule has 0 aromatic heterocycles. The van der Waals surface area contributed by atoms with Crippen molar-refractivity contribution in [2.75, 3.05) is 17.2 Å². The summed E-state index contributed by atoms with van der Waals surface area (Å²) in [7, 11) is 0. The molecule has 2 nitrogen and oxygen atoms in total. The molecule has 0 saturated heterocycles. The molecule has 3 heteroatoms. The fraction of sp³-hybridized carbons (Fsp3) is 0.500. The summed E-state index contributed by atoms with van der Waals surface area (Å²) < 4.78 is 0. The van der Waals surface area contributed by atoms with Gasteiger partial charge in [-0.2, -0.15) is 0 Å². The van der Waals surface area contributed by atoms with Crippen LogP contribution < -0.4 is 4.90 Å². The summed E-state index contributed by atoms with van der Waals surface area (Å²) in [5.74, 6) is 1.54. The molecule has 92 valence electrons. The first-order valence-corrected chi connectivity index (χ1v) is 7.19. The van der Waals surface area contributed by atoms with Crippen LogP contribution in [-0.4, -0.2) is 18.2 Å². The van der Waals surface area contributed by atoms with Gasteiger partial charge in [-0.1, -0.05) is 26.0 Å². The molecule has 1 amide bonds. The predicted molar refractivity (Wildman–Crippen MR) is 73.6 cm³/mol. The Morgan fingerprint density at radius 1 is 1.35 bits per heavy atom. The van der Waals surface area contributed by atoms with Gasteiger partial charge >= 0.3 is 0 Å². The van der Waals surface area contributed by atoms with Gasteiger partial charge in [-0.15, -0.1) is 11.8 Å². The lowest BCUT2D eigenvalue weighted by Crippen LogP contribution is -2.36. The maximum Gasteiger partial charge on any atom is 0.237 e. The first kappa shape index (κ1) is 12.5. The van der Waals surface area contributed by atoms with Crippen molar-refractivity contribution in [2.24, 2.45) is 5.92 Å². The topological polar surface area (TPSA) is 20.3 Å². The minimum absolute atomic E-state index is 0.248. The van der Waals surface area contributed by atoms with E-state index in [0.29, 0.717) is 11.7 Å². The van der Waals surface area contributed by atoms with Crippen LogP contribution in [0.15, 0.2) is 29.2 Å². The summed E-state index contributed by atoms with van der Waals surface area (Å²) >= 11 is 1.65. The predicted octanol–water partition coefficient (Wildman–Crippen LogP) is 3.56. The van der Waals surface area contributed by atoms with E-state index in [2.05, 4.69) is 26.0 Å². The Morgan fingerprint density at radius 2 is 2.12 bits per heavy atom. The minimum atomic E-state index is 0.248. The lowest BCUT2D eigenvalue weighted by molar-refractivity contribution is -0.116. The van der Waals surface area contributed by atoms with E-state index in [4.69, 9.17) is 0 Å². The van der Waals surface area contributed by atoms with E-state index < -0.39 is 0 Å². The summed E-state index contributed by atoms with van der Waals surface area (Å²) in [5.41, 5.74) is 1.09. The van der Waals surface area contributed by atoms with Crippen molar-refractivity contribution in [1.82, 2.24) is 0 Å². The van der Waals surface area contributed by atoms with Crippen molar-refractivity contribution in [1.29, 1.82) is 0 Å². The average Bonchev–Trinajstić information content (AvgIpc) is 2.32. The summed E-state index contributed by atoms with van der Waals surface area (Å²) in [6.45, 7) is 5.30. The van der Waals surface area contributed by atoms with E-state index in [9.17, 15) is 4.79 Å². The number of hydrogen-bond donors (Lipinski definition) is 0. The molecule has 1 aromatic rings. The number of hydrogen-bond acceptors (Lipinski definition) is 2. The van der Waals surface area contributed by atoms with Gasteiger partial charge in [-0.3, -0.25) is 4.79 Å². The molecule has 0 N–H and O–H groups in total. The number of anilines is 1. The first-order valence-electron chi connectivity index (χ1n) is 6.20. The summed E-state index contributed by atoms with van der Waals surface area (Å²) in [5, 5.41) is 0. The first-order chi connectivity index (χ1) is 8.18. The number of para-hydroxylation sites is 1. The van der Waals surface area contributed by atoms with E-state index in [-0.39, 0.29) is 5.91 Å². The van der Waals surface area contributed by atoms with E-state index >= 15 is 0 Å². The number of fused-ring (bicyclic) bond motifs is 1. The smallest absolute Gasteiger partial charge is 0.237 e. The Hall–Kier alpha value is -0.960. The lowest BCUT2D eigenvalue weighted by Gasteiger charge is -2.29. The molecule has 0 spiro atoms. The van der Waals surface area contributed by atoms with Crippen molar-refractivity contribution in [3.8, 4) is 0 Å². The van der Waals surface area contributed by atoms with Crippen LogP contribution in [0.3, 0.4) is 0 Å². The highest BCUT2D eigenvalue weighted by molar-refractivity contribution is 8.00. The molecule has 0 unspecified atom stereocenters. The number of carbonyl (C=O) groups is 1. The van der Waals surface area contributed by atoms with Crippen LogP contribution in [0.25, 0.3) is 0 Å². The van der Waals surface area contributed by atoms with Crippen molar-refractivity contribution in [3.05, 3.63) is 24.3 Å². The summed E-state index contributed by atoms with van der Waals surface area (Å²) in [6.07, 6.45) is 2.27. The second kappa shape index (κ2) is 5.58. The number of benzene rings is 1. The standard InChI is InChI=1S/C14H19NOS/c1-11(2)6-5-9-15-12-7-3-4-8-13(12)17-10-14(15)16/h3-4,7-8,11H,5-6,9-10H2,1-2H3. The third-order valence-corrected chi connectivity index (χ3v) is 4.02. The fourth-order valence-electron chi connectivity index (χ4n) is 2.06. The molecule has 0 radical (unpaired) electrons. The second-order valence-corrected chi connectivity index (χ2v) is 5.86. The Labute approximate surface area is 107 Å². The zero-order chi connectivity index (χ0) is 12.3. The molecule has 17 heavy (non-hydrogen) atoms. The van der Waals surface area contributed by atoms with Crippen LogP contribution in [0.5, 0.6) is 0 Å². The Balaban J connectivity index is 2.07. The van der Waals surface area contributed by atoms with Gasteiger partial charge in [-0.05, 0) is 30.9 Å². The quantitative estimate of drug-likeness (QED) is 0.813. The fourth-order valence-corrected chi connectivity index (χ4v) is 2.99. The maximum atomic E-state index is 11.9. The van der Waals surface area contributed by atoms with Crippen LogP contribution in [0.4, 0.5) is 5.69 Å². The van der Waals surface area contributed by atoms with E-state index in [1.807, 2.05) is 17.0 Å². The van der Waals surface area contributed by atoms with Gasteiger partial charge in [0.15, 0.2) is 0 Å². The van der Waals surface area contributed by atoms with Gasteiger partial charge in [0, 0.05) is 11.4 Å². The third kappa shape index (κ3) is 3.03. The van der Waals surface area contributed by atoms with E-state index in [1.54, 1.807) is 11.8 Å². The number of amides is 1. The molecule has 0 bridgehead atoms. The highest BCUT2D eigenvalue weighted by Gasteiger charge is 2.23. The highest BCUT2D eigenvalue weighted by atomic mass is 32.2. The number of rotatable bonds is 4. The summed E-state index contributed by atoms with van der Waals surface area (Å²) in [4.78, 5) is 15.1. The third-order valence-electron chi connectivity index (χ3n) is 2.97. The Kier molecular flexibility index (Phi) is 4.11. The van der Waals surface area contributed by atoms with Gasteiger partial charge in [0.1, 0.15) is 0 Å². The molecule has 0 fully saturated rings. The highest BCUT2D eigenvalue weighted by Crippen LogP contribution is 2.34. The average molecular weight is 249 g/mol. The van der Waals surface area contributed by atoms with Crippen LogP contribution in [0, 0.1) is 5.92 Å². The number of carbonyl (C=O) groups excluding carboxylic acids is 1. The van der Waals surface area contributed by atoms with Crippen molar-refractivity contribution >= 4 is 23.4 Å². The largest absolute Gasteiger partial charge is 0.311 e. The molecule has 0 saturated carbocycles. The van der Waals surface area contributed by atoms with Crippen molar-refractivity contribution in [3.63, 3.8) is 0 Å². The molecular weight excluding hydrogens is 230 g/mol. The van der Waals surface area contributed by atoms with E-state index in [0.717, 1.165) is 18.7 Å². The van der Waals surface area contributed by atoms with Gasteiger partial charge < -0.3 is 4.90 Å². The molecular formula is C14H19NOS. The molecule has 1 heterocycles. The van der Waals surface area contributed by atoms with Gasteiger partial charge in [-0.25, -0.2) is 0 Å². The summed E-state index contributed by atoms with van der Waals surface area (Å²) in [6, 6.07) is 8.19. The molecule has 1 aromatic carbocycles. The molecule has 2 rings (SSSR count). The Bertz CT molecular complexity index is 403. The van der Waals surface area contributed by atoms with Gasteiger partial charge in [0.25, 0.3) is 0 Å². The van der Waals surface area contributed by atoms with Crippen molar-refractivity contribution < 1.29 is 4.79 Å².